The van der Waals surface area contributed by atoms with Crippen LogP contribution >= 0.6 is 0 Å². The van der Waals surface area contributed by atoms with Crippen LogP contribution in [0.5, 0.6) is 0 Å². The second kappa shape index (κ2) is 65.9. The number of aliphatic hydroxyl groups is 2. The van der Waals surface area contributed by atoms with E-state index in [9.17, 15) is 19.8 Å². The number of unbranched alkanes of at least 4 members (excludes halogenated alkanes) is 52. The molecule has 0 saturated carbocycles. The molecule has 0 saturated heterocycles. The first-order chi connectivity index (χ1) is 37.5. The van der Waals surface area contributed by atoms with Crippen LogP contribution in [-0.4, -0.2) is 47.4 Å². The van der Waals surface area contributed by atoms with Crippen LogP contribution in [0.1, 0.15) is 386 Å². The zero-order chi connectivity index (χ0) is 55.0. The first kappa shape index (κ1) is 74.3. The van der Waals surface area contributed by atoms with Crippen LogP contribution in [0, 0.1) is 0 Å². The monoisotopic (exact) mass is 1070 g/mol. The topological polar surface area (TPSA) is 95.9 Å². The Kier molecular flexibility index (Phi) is 64.4. The number of carbonyl (C=O) groups excluding carboxylic acids is 2. The molecule has 0 bridgehead atoms. The third-order valence-electron chi connectivity index (χ3n) is 16.2. The van der Waals surface area contributed by atoms with Crippen molar-refractivity contribution in [2.24, 2.45) is 0 Å². The minimum atomic E-state index is -0.842. The summed E-state index contributed by atoms with van der Waals surface area (Å²) in [6.45, 7) is 4.93. The van der Waals surface area contributed by atoms with E-state index in [0.717, 1.165) is 44.9 Å². The van der Waals surface area contributed by atoms with E-state index in [0.29, 0.717) is 19.4 Å². The first-order valence-corrected chi connectivity index (χ1v) is 34.6. The summed E-state index contributed by atoms with van der Waals surface area (Å²) in [4.78, 5) is 24.6. The smallest absolute Gasteiger partial charge is 0.305 e. The van der Waals surface area contributed by atoms with Crippen LogP contribution in [0.15, 0.2) is 24.3 Å². The normalized spacial score (nSPS) is 12.6. The number of aliphatic hydroxyl groups excluding tert-OH is 2. The van der Waals surface area contributed by atoms with Gasteiger partial charge >= 0.3 is 5.97 Å². The summed E-state index contributed by atoms with van der Waals surface area (Å²) in [7, 11) is 0. The third-order valence-corrected chi connectivity index (χ3v) is 16.2. The molecule has 1 amide bonds. The van der Waals surface area contributed by atoms with Gasteiger partial charge < -0.3 is 20.3 Å². The summed E-state index contributed by atoms with van der Waals surface area (Å²) >= 11 is 0. The SMILES string of the molecule is CCCCCCCC/C=C\CCCCCCCCCC(=O)OCCCCCCCCCCCCCCCCCCCCCCCCCCCCCC(=O)NC(CO)C(O)/C=C/CCCCCCCCCCCCCCC. The number of hydrogen-bond acceptors (Lipinski definition) is 5. The first-order valence-electron chi connectivity index (χ1n) is 34.6. The number of esters is 1. The van der Waals surface area contributed by atoms with Gasteiger partial charge in [0.1, 0.15) is 0 Å². The van der Waals surface area contributed by atoms with Crippen molar-refractivity contribution in [2.45, 2.75) is 398 Å². The number of allylic oxidation sites excluding steroid dienone is 3. The highest BCUT2D eigenvalue weighted by Gasteiger charge is 2.18. The van der Waals surface area contributed by atoms with Crippen molar-refractivity contribution in [2.75, 3.05) is 13.2 Å². The number of carbonyl (C=O) groups is 2. The summed E-state index contributed by atoms with van der Waals surface area (Å²) < 4.78 is 5.50. The Labute approximate surface area is 475 Å². The zero-order valence-electron chi connectivity index (χ0n) is 51.5. The fraction of sp³-hybridized carbons (Fsp3) is 0.914. The van der Waals surface area contributed by atoms with Gasteiger partial charge in [-0.2, -0.15) is 0 Å². The van der Waals surface area contributed by atoms with Crippen LogP contribution in [0.3, 0.4) is 0 Å². The molecule has 0 aliphatic rings. The van der Waals surface area contributed by atoms with Gasteiger partial charge in [-0.1, -0.05) is 340 Å². The molecule has 0 aliphatic heterocycles. The molecule has 76 heavy (non-hydrogen) atoms. The van der Waals surface area contributed by atoms with E-state index >= 15 is 0 Å². The van der Waals surface area contributed by atoms with Crippen LogP contribution in [0.25, 0.3) is 0 Å². The number of nitrogens with one attached hydrogen (secondary N) is 1. The summed E-state index contributed by atoms with van der Waals surface area (Å²) in [6, 6.07) is -0.625. The maximum absolute atomic E-state index is 12.5. The summed E-state index contributed by atoms with van der Waals surface area (Å²) in [5, 5.41) is 23.2. The molecular formula is C70H135NO5. The van der Waals surface area contributed by atoms with Crippen LogP contribution < -0.4 is 5.32 Å². The standard InChI is InChI=1S/C70H135NO5/c1-3-5-7-9-11-13-15-17-19-31-36-40-44-48-52-56-60-64-70(75)76-65-61-57-53-49-45-41-37-33-30-28-26-24-22-20-21-23-25-27-29-32-35-39-43-47-51-55-59-63-69(74)71-67(66-72)68(73)62-58-54-50-46-42-38-34-18-16-14-12-10-8-6-4-2/h17,19,58,62,67-68,72-73H,3-16,18,20-57,59-61,63-66H2,1-2H3,(H,71,74)/b19-17-,62-58+. The van der Waals surface area contributed by atoms with Gasteiger partial charge in [0.15, 0.2) is 0 Å². The van der Waals surface area contributed by atoms with E-state index < -0.39 is 12.1 Å². The largest absolute Gasteiger partial charge is 0.466 e. The van der Waals surface area contributed by atoms with Crippen molar-refractivity contribution in [1.29, 1.82) is 0 Å². The maximum atomic E-state index is 12.5. The van der Waals surface area contributed by atoms with Gasteiger partial charge in [0.2, 0.25) is 5.91 Å². The molecule has 0 aliphatic carbocycles. The summed E-state index contributed by atoms with van der Waals surface area (Å²) in [5.74, 6) is -0.0479. The van der Waals surface area contributed by atoms with Gasteiger partial charge in [-0.25, -0.2) is 0 Å². The van der Waals surface area contributed by atoms with Crippen molar-refractivity contribution < 1.29 is 24.5 Å². The fourth-order valence-electron chi connectivity index (χ4n) is 10.9. The number of hydrogen-bond donors (Lipinski definition) is 3. The molecule has 2 atom stereocenters. The summed E-state index contributed by atoms with van der Waals surface area (Å²) in [5.41, 5.74) is 0. The van der Waals surface area contributed by atoms with E-state index in [1.54, 1.807) is 6.08 Å². The Morgan fingerprint density at radius 3 is 0.934 bits per heavy atom. The molecule has 0 fully saturated rings. The molecular weight excluding hydrogens is 935 g/mol. The Bertz CT molecular complexity index is 1190. The van der Waals surface area contributed by atoms with Gasteiger partial charge in [-0.3, -0.25) is 9.59 Å². The molecule has 450 valence electrons. The fourth-order valence-corrected chi connectivity index (χ4v) is 10.9. The van der Waals surface area contributed by atoms with Gasteiger partial charge in [-0.15, -0.1) is 0 Å². The molecule has 0 aromatic rings. The molecule has 0 spiro atoms. The third kappa shape index (κ3) is 61.6. The van der Waals surface area contributed by atoms with Crippen LogP contribution in [0.4, 0.5) is 0 Å². The second-order valence-electron chi connectivity index (χ2n) is 23.9. The van der Waals surface area contributed by atoms with Crippen molar-refractivity contribution in [3.05, 3.63) is 24.3 Å². The highest BCUT2D eigenvalue weighted by atomic mass is 16.5. The molecule has 2 unspecified atom stereocenters. The Morgan fingerprint density at radius 1 is 0.355 bits per heavy atom. The highest BCUT2D eigenvalue weighted by Crippen LogP contribution is 2.19. The van der Waals surface area contributed by atoms with Crippen molar-refractivity contribution in [3.63, 3.8) is 0 Å². The second-order valence-corrected chi connectivity index (χ2v) is 23.9. The maximum Gasteiger partial charge on any atom is 0.305 e. The molecule has 3 N–H and O–H groups in total. The average Bonchev–Trinajstić information content (AvgIpc) is 3.42. The van der Waals surface area contributed by atoms with Crippen molar-refractivity contribution in [1.82, 2.24) is 5.32 Å². The van der Waals surface area contributed by atoms with Crippen molar-refractivity contribution >= 4 is 11.9 Å². The van der Waals surface area contributed by atoms with Gasteiger partial charge in [0.25, 0.3) is 0 Å². The lowest BCUT2D eigenvalue weighted by molar-refractivity contribution is -0.143. The average molecular weight is 1070 g/mol. The predicted octanol–water partition coefficient (Wildman–Crippen LogP) is 22.1. The molecule has 0 radical (unpaired) electrons. The predicted molar refractivity (Wildman–Crippen MR) is 333 cm³/mol. The van der Waals surface area contributed by atoms with Gasteiger partial charge in [0.05, 0.1) is 25.4 Å². The van der Waals surface area contributed by atoms with E-state index in [1.165, 1.54) is 315 Å². The molecule has 6 nitrogen and oxygen atoms in total. The lowest BCUT2D eigenvalue weighted by atomic mass is 10.0. The van der Waals surface area contributed by atoms with Gasteiger partial charge in [0, 0.05) is 12.8 Å². The van der Waals surface area contributed by atoms with E-state index in [-0.39, 0.29) is 18.5 Å². The Hall–Kier alpha value is -1.66. The zero-order valence-corrected chi connectivity index (χ0v) is 51.5. The highest BCUT2D eigenvalue weighted by molar-refractivity contribution is 5.76. The van der Waals surface area contributed by atoms with E-state index in [4.69, 9.17) is 4.74 Å². The Morgan fingerprint density at radius 2 is 0.618 bits per heavy atom. The molecule has 0 heterocycles. The molecule has 0 rings (SSSR count). The quantitative estimate of drug-likeness (QED) is 0.0320. The van der Waals surface area contributed by atoms with E-state index in [2.05, 4.69) is 31.3 Å². The minimum Gasteiger partial charge on any atom is -0.466 e. The lowest BCUT2D eigenvalue weighted by Crippen LogP contribution is -2.45. The van der Waals surface area contributed by atoms with E-state index in [1.807, 2.05) is 6.08 Å². The lowest BCUT2D eigenvalue weighted by Gasteiger charge is -2.20. The van der Waals surface area contributed by atoms with Crippen LogP contribution in [0.2, 0.25) is 0 Å². The number of amides is 1. The summed E-state index contributed by atoms with van der Waals surface area (Å²) in [6.07, 6.45) is 82.5. The molecule has 0 aromatic carbocycles. The molecule has 0 aromatic heterocycles. The van der Waals surface area contributed by atoms with Crippen molar-refractivity contribution in [3.8, 4) is 0 Å². The molecule has 6 heteroatoms. The number of rotatable bonds is 65. The number of ether oxygens (including phenoxy) is 1. The Balaban J connectivity index is 3.35. The van der Waals surface area contributed by atoms with Crippen LogP contribution in [-0.2, 0) is 14.3 Å². The minimum absolute atomic E-state index is 0.0150. The van der Waals surface area contributed by atoms with Gasteiger partial charge in [-0.05, 0) is 57.8 Å².